The number of hydrogen-bond acceptors (Lipinski definition) is 4. The number of Topliss-reactive ketones (excluding diaryl/α,β-unsaturated/α-hetero) is 1. The predicted molar refractivity (Wildman–Crippen MR) is 38.1 cm³/mol. The molecule has 0 aliphatic carbocycles. The molecule has 1 N–H and O–H groups in total. The third-order valence-electron chi connectivity index (χ3n) is 1.60. The number of carbonyl (C=O) groups excluding carboxylic acids is 2. The van der Waals surface area contributed by atoms with E-state index in [1.807, 2.05) is 0 Å². The summed E-state index contributed by atoms with van der Waals surface area (Å²) in [6.07, 6.45) is 0. The molecule has 0 bridgehead atoms. The highest BCUT2D eigenvalue weighted by molar-refractivity contribution is 6.44. The monoisotopic (exact) mass is 164 g/mol. The van der Waals surface area contributed by atoms with Crippen LogP contribution < -0.4 is 4.74 Å². The smallest absolute Gasteiger partial charge is 0.385 e. The van der Waals surface area contributed by atoms with Crippen molar-refractivity contribution >= 4 is 11.8 Å². The summed E-state index contributed by atoms with van der Waals surface area (Å²) >= 11 is 0. The zero-order valence-electron chi connectivity index (χ0n) is 5.90. The van der Waals surface area contributed by atoms with E-state index in [1.165, 1.54) is 18.2 Å². The Morgan fingerprint density at radius 1 is 1.25 bits per heavy atom. The Hall–Kier alpha value is -1.84. The first-order valence-corrected chi connectivity index (χ1v) is 3.28. The average molecular weight is 164 g/mol. The Labute approximate surface area is 67.4 Å². The van der Waals surface area contributed by atoms with Crippen molar-refractivity contribution in [3.63, 3.8) is 0 Å². The van der Waals surface area contributed by atoms with Crippen LogP contribution in [0.2, 0.25) is 0 Å². The second-order valence-electron chi connectivity index (χ2n) is 2.40. The number of benzene rings is 1. The number of phenols is 1. The van der Waals surface area contributed by atoms with Crippen LogP contribution in [0.5, 0.6) is 11.5 Å². The molecule has 1 aromatic carbocycles. The van der Waals surface area contributed by atoms with E-state index >= 15 is 0 Å². The lowest BCUT2D eigenvalue weighted by Crippen LogP contribution is -2.10. The van der Waals surface area contributed by atoms with Crippen LogP contribution in [0, 0.1) is 0 Å². The van der Waals surface area contributed by atoms with Crippen LogP contribution in [0.4, 0.5) is 0 Å². The van der Waals surface area contributed by atoms with Crippen molar-refractivity contribution < 1.29 is 19.4 Å². The molecular formula is C8H4O4. The number of ether oxygens (including phenoxy) is 1. The van der Waals surface area contributed by atoms with Gasteiger partial charge in [0, 0.05) is 0 Å². The summed E-state index contributed by atoms with van der Waals surface area (Å²) < 4.78 is 4.57. The van der Waals surface area contributed by atoms with Gasteiger partial charge in [0.2, 0.25) is 0 Å². The normalized spacial score (nSPS) is 14.3. The van der Waals surface area contributed by atoms with Gasteiger partial charge in [-0.25, -0.2) is 4.79 Å². The lowest BCUT2D eigenvalue weighted by atomic mass is 10.1. The van der Waals surface area contributed by atoms with Crippen molar-refractivity contribution in [1.29, 1.82) is 0 Å². The Balaban J connectivity index is 2.63. The van der Waals surface area contributed by atoms with E-state index in [9.17, 15) is 9.59 Å². The van der Waals surface area contributed by atoms with Gasteiger partial charge in [-0.2, -0.15) is 0 Å². The number of aromatic hydroxyl groups is 1. The Morgan fingerprint density at radius 2 is 2.00 bits per heavy atom. The molecule has 0 unspecified atom stereocenters. The predicted octanol–water partition coefficient (Wildman–Crippen LogP) is 0.494. The maximum atomic E-state index is 11.0. The SMILES string of the molecule is O=C1Oc2ccc(O)cc2C1=O. The van der Waals surface area contributed by atoms with E-state index in [1.54, 1.807) is 0 Å². The number of rotatable bonds is 0. The molecule has 0 aromatic heterocycles. The Morgan fingerprint density at radius 3 is 2.75 bits per heavy atom. The molecule has 2 rings (SSSR count). The molecule has 0 amide bonds. The Kier molecular flexibility index (Phi) is 1.18. The molecule has 0 saturated heterocycles. The quantitative estimate of drug-likeness (QED) is 0.344. The van der Waals surface area contributed by atoms with Gasteiger partial charge in [0.25, 0.3) is 5.78 Å². The van der Waals surface area contributed by atoms with Crippen molar-refractivity contribution in [2.45, 2.75) is 0 Å². The standard InChI is InChI=1S/C8H4O4/c9-4-1-2-6-5(3-4)7(10)8(11)12-6/h1-3,9H. The van der Waals surface area contributed by atoms with Gasteiger partial charge >= 0.3 is 5.97 Å². The van der Waals surface area contributed by atoms with Crippen LogP contribution in [0.1, 0.15) is 10.4 Å². The fourth-order valence-electron chi connectivity index (χ4n) is 1.04. The second kappa shape index (κ2) is 2.07. The lowest BCUT2D eigenvalue weighted by Gasteiger charge is -1.94. The van der Waals surface area contributed by atoms with Crippen molar-refractivity contribution in [1.82, 2.24) is 0 Å². The van der Waals surface area contributed by atoms with Gasteiger partial charge in [-0.05, 0) is 18.2 Å². The molecule has 0 spiro atoms. The maximum Gasteiger partial charge on any atom is 0.385 e. The van der Waals surface area contributed by atoms with Crippen molar-refractivity contribution in [3.8, 4) is 11.5 Å². The van der Waals surface area contributed by atoms with Gasteiger partial charge in [0.15, 0.2) is 0 Å². The molecule has 4 nitrogen and oxygen atoms in total. The number of carbonyl (C=O) groups is 2. The fourth-order valence-corrected chi connectivity index (χ4v) is 1.04. The average Bonchev–Trinajstić information content (AvgIpc) is 2.31. The molecule has 0 atom stereocenters. The van der Waals surface area contributed by atoms with Crippen molar-refractivity contribution in [2.24, 2.45) is 0 Å². The number of hydrogen-bond donors (Lipinski definition) is 1. The minimum absolute atomic E-state index is 0.0552. The molecular weight excluding hydrogens is 160 g/mol. The van der Waals surface area contributed by atoms with Gasteiger partial charge in [-0.15, -0.1) is 0 Å². The van der Waals surface area contributed by atoms with Crippen LogP contribution in [0.25, 0.3) is 0 Å². The molecule has 0 radical (unpaired) electrons. The highest BCUT2D eigenvalue weighted by Gasteiger charge is 2.30. The molecule has 4 heteroatoms. The number of fused-ring (bicyclic) bond motifs is 1. The summed E-state index contributed by atoms with van der Waals surface area (Å²) in [5, 5.41) is 8.98. The first-order chi connectivity index (χ1) is 5.68. The topological polar surface area (TPSA) is 63.6 Å². The summed E-state index contributed by atoms with van der Waals surface area (Å²) in [7, 11) is 0. The minimum atomic E-state index is -0.893. The van der Waals surface area contributed by atoms with Gasteiger partial charge < -0.3 is 9.84 Å². The number of phenolic OH excluding ortho intramolecular Hbond substituents is 1. The Bertz CT molecular complexity index is 381. The van der Waals surface area contributed by atoms with Crippen molar-refractivity contribution in [2.75, 3.05) is 0 Å². The highest BCUT2D eigenvalue weighted by Crippen LogP contribution is 2.28. The van der Waals surface area contributed by atoms with Gasteiger partial charge in [-0.1, -0.05) is 0 Å². The third kappa shape index (κ3) is 0.780. The van der Waals surface area contributed by atoms with E-state index in [4.69, 9.17) is 5.11 Å². The van der Waals surface area contributed by atoms with E-state index in [2.05, 4.69) is 4.74 Å². The summed E-state index contributed by atoms with van der Waals surface area (Å²) in [5.41, 5.74) is 0.125. The van der Waals surface area contributed by atoms with Crippen molar-refractivity contribution in [3.05, 3.63) is 23.8 Å². The zero-order valence-corrected chi connectivity index (χ0v) is 5.90. The molecule has 60 valence electrons. The lowest BCUT2D eigenvalue weighted by molar-refractivity contribution is -0.128. The van der Waals surface area contributed by atoms with E-state index in [-0.39, 0.29) is 17.1 Å². The first kappa shape index (κ1) is 6.84. The zero-order chi connectivity index (χ0) is 8.72. The molecule has 1 aromatic rings. The van der Waals surface area contributed by atoms with Crippen LogP contribution in [-0.2, 0) is 4.79 Å². The minimum Gasteiger partial charge on any atom is -0.508 e. The summed E-state index contributed by atoms with van der Waals surface area (Å²) in [6, 6.07) is 3.95. The maximum absolute atomic E-state index is 11.0. The molecule has 1 heterocycles. The first-order valence-electron chi connectivity index (χ1n) is 3.28. The summed E-state index contributed by atoms with van der Waals surface area (Å²) in [5.74, 6) is -1.44. The van der Waals surface area contributed by atoms with E-state index < -0.39 is 11.8 Å². The van der Waals surface area contributed by atoms with Gasteiger partial charge in [-0.3, -0.25) is 4.79 Å². The molecule has 0 saturated carbocycles. The highest BCUT2D eigenvalue weighted by atomic mass is 16.5. The van der Waals surface area contributed by atoms with Crippen LogP contribution in [-0.4, -0.2) is 16.9 Å². The van der Waals surface area contributed by atoms with Crippen LogP contribution >= 0.6 is 0 Å². The summed E-state index contributed by atoms with van der Waals surface area (Å²) in [4.78, 5) is 21.7. The van der Waals surface area contributed by atoms with E-state index in [0.29, 0.717) is 0 Å². The molecule has 1 aliphatic heterocycles. The van der Waals surface area contributed by atoms with Gasteiger partial charge in [0.1, 0.15) is 11.5 Å². The molecule has 1 aliphatic rings. The largest absolute Gasteiger partial charge is 0.508 e. The summed E-state index contributed by atoms with van der Waals surface area (Å²) in [6.45, 7) is 0. The second-order valence-corrected chi connectivity index (χ2v) is 2.40. The van der Waals surface area contributed by atoms with Crippen LogP contribution in [0.3, 0.4) is 0 Å². The van der Waals surface area contributed by atoms with Gasteiger partial charge in [0.05, 0.1) is 5.56 Å². The fraction of sp³-hybridized carbons (Fsp3) is 0. The van der Waals surface area contributed by atoms with E-state index in [0.717, 1.165) is 0 Å². The molecule has 0 fully saturated rings. The third-order valence-corrected chi connectivity index (χ3v) is 1.60. The number of ketones is 1. The van der Waals surface area contributed by atoms with Crippen LogP contribution in [0.15, 0.2) is 18.2 Å². The molecule has 12 heavy (non-hydrogen) atoms. The number of esters is 1.